The van der Waals surface area contributed by atoms with Crippen molar-refractivity contribution in [3.05, 3.63) is 0 Å². The highest BCUT2D eigenvalue weighted by Crippen LogP contribution is 2.39. The molecule has 2 saturated carbocycles. The summed E-state index contributed by atoms with van der Waals surface area (Å²) in [5.41, 5.74) is -0.641. The van der Waals surface area contributed by atoms with Gasteiger partial charge in [0.05, 0.1) is 0 Å². The minimum Gasteiger partial charge on any atom is -0.480 e. The molecule has 0 aromatic carbocycles. The van der Waals surface area contributed by atoms with Crippen molar-refractivity contribution in [3.8, 4) is 0 Å². The fourth-order valence-corrected chi connectivity index (χ4v) is 4.15. The van der Waals surface area contributed by atoms with Crippen molar-refractivity contribution in [2.75, 3.05) is 6.54 Å². The Morgan fingerprint density at radius 2 is 2.05 bits per heavy atom. The van der Waals surface area contributed by atoms with Gasteiger partial charge in [0, 0.05) is 24.7 Å². The van der Waals surface area contributed by atoms with Crippen LogP contribution >= 0.6 is 0 Å². The van der Waals surface area contributed by atoms with E-state index in [1.54, 1.807) is 0 Å². The van der Waals surface area contributed by atoms with E-state index in [0.717, 1.165) is 44.6 Å². The first-order valence-electron chi connectivity index (χ1n) is 7.77. The van der Waals surface area contributed by atoms with Crippen LogP contribution in [-0.4, -0.2) is 46.2 Å². The maximum absolute atomic E-state index is 11.7. The van der Waals surface area contributed by atoms with Gasteiger partial charge in [-0.05, 0) is 51.4 Å². The highest BCUT2D eigenvalue weighted by molar-refractivity contribution is 5.79. The van der Waals surface area contributed by atoms with E-state index >= 15 is 0 Å². The molecule has 19 heavy (non-hydrogen) atoms. The Balaban J connectivity index is 1.68. The molecule has 0 aromatic rings. The number of carboxylic acids is 1. The molecule has 0 amide bonds. The smallest absolute Gasteiger partial charge is 0.323 e. The zero-order valence-electron chi connectivity index (χ0n) is 12.1. The third-order valence-corrected chi connectivity index (χ3v) is 5.26. The van der Waals surface area contributed by atoms with Crippen LogP contribution in [0, 0.1) is 5.92 Å². The summed E-state index contributed by atoms with van der Waals surface area (Å²) in [7, 11) is 0. The molecule has 2 N–H and O–H groups in total. The molecule has 4 unspecified atom stereocenters. The SMILES string of the molecule is CC1CC(C)N(C2CCC(NC3CC3)(C(=O)O)C2)C1. The second-order valence-electron chi connectivity index (χ2n) is 7.09. The van der Waals surface area contributed by atoms with Crippen molar-refractivity contribution >= 4 is 5.97 Å². The number of nitrogens with zero attached hydrogens (tertiary/aromatic N) is 1. The predicted molar refractivity (Wildman–Crippen MR) is 74.1 cm³/mol. The van der Waals surface area contributed by atoms with Crippen LogP contribution in [0.3, 0.4) is 0 Å². The number of nitrogens with one attached hydrogen (secondary N) is 1. The number of carboxylic acid groups (broad SMARTS) is 1. The first kappa shape index (κ1) is 13.4. The Bertz CT molecular complexity index is 369. The van der Waals surface area contributed by atoms with Crippen LogP contribution in [0.2, 0.25) is 0 Å². The third kappa shape index (κ3) is 2.52. The van der Waals surface area contributed by atoms with Gasteiger partial charge in [-0.1, -0.05) is 6.92 Å². The molecule has 3 rings (SSSR count). The molecule has 108 valence electrons. The van der Waals surface area contributed by atoms with Gasteiger partial charge in [-0.3, -0.25) is 15.0 Å². The summed E-state index contributed by atoms with van der Waals surface area (Å²) >= 11 is 0. The summed E-state index contributed by atoms with van der Waals surface area (Å²) in [6, 6.07) is 1.54. The monoisotopic (exact) mass is 266 g/mol. The zero-order chi connectivity index (χ0) is 13.6. The number of hydrogen-bond acceptors (Lipinski definition) is 3. The van der Waals surface area contributed by atoms with E-state index in [9.17, 15) is 9.90 Å². The lowest BCUT2D eigenvalue weighted by molar-refractivity contribution is -0.145. The van der Waals surface area contributed by atoms with Crippen molar-refractivity contribution in [1.29, 1.82) is 0 Å². The number of rotatable bonds is 4. The number of hydrogen-bond donors (Lipinski definition) is 2. The number of likely N-dealkylation sites (tertiary alicyclic amines) is 1. The molecule has 1 heterocycles. The average Bonchev–Trinajstić information content (AvgIpc) is 2.92. The van der Waals surface area contributed by atoms with Gasteiger partial charge in [-0.25, -0.2) is 0 Å². The highest BCUT2D eigenvalue weighted by Gasteiger charge is 2.50. The summed E-state index contributed by atoms with van der Waals surface area (Å²) in [6.45, 7) is 5.74. The minimum atomic E-state index is -0.641. The lowest BCUT2D eigenvalue weighted by atomic mass is 9.97. The first-order valence-corrected chi connectivity index (χ1v) is 7.77. The van der Waals surface area contributed by atoms with Crippen molar-refractivity contribution < 1.29 is 9.90 Å². The van der Waals surface area contributed by atoms with E-state index in [1.807, 2.05) is 0 Å². The van der Waals surface area contributed by atoms with E-state index in [-0.39, 0.29) is 0 Å². The normalized spacial score (nSPS) is 43.8. The molecule has 4 heteroatoms. The Morgan fingerprint density at radius 3 is 2.58 bits per heavy atom. The third-order valence-electron chi connectivity index (χ3n) is 5.26. The van der Waals surface area contributed by atoms with Crippen molar-refractivity contribution in [3.63, 3.8) is 0 Å². The largest absolute Gasteiger partial charge is 0.480 e. The maximum atomic E-state index is 11.7. The van der Waals surface area contributed by atoms with Crippen LogP contribution in [0.25, 0.3) is 0 Å². The topological polar surface area (TPSA) is 52.6 Å². The van der Waals surface area contributed by atoms with Gasteiger partial charge in [0.1, 0.15) is 5.54 Å². The quantitative estimate of drug-likeness (QED) is 0.815. The molecular weight excluding hydrogens is 240 g/mol. The number of carbonyl (C=O) groups is 1. The Morgan fingerprint density at radius 1 is 1.32 bits per heavy atom. The molecule has 4 atom stereocenters. The van der Waals surface area contributed by atoms with E-state index in [4.69, 9.17) is 0 Å². The fraction of sp³-hybridized carbons (Fsp3) is 0.933. The van der Waals surface area contributed by atoms with Crippen LogP contribution in [0.4, 0.5) is 0 Å². The maximum Gasteiger partial charge on any atom is 0.323 e. The molecule has 1 aliphatic heterocycles. The summed E-state index contributed by atoms with van der Waals surface area (Å²) < 4.78 is 0. The Labute approximate surface area is 115 Å². The molecule has 3 fully saturated rings. The lowest BCUT2D eigenvalue weighted by Crippen LogP contribution is -2.52. The van der Waals surface area contributed by atoms with Gasteiger partial charge in [0.15, 0.2) is 0 Å². The molecule has 4 nitrogen and oxygen atoms in total. The molecule has 3 aliphatic rings. The predicted octanol–water partition coefficient (Wildman–Crippen LogP) is 1.84. The van der Waals surface area contributed by atoms with Crippen LogP contribution in [0.1, 0.15) is 52.4 Å². The Kier molecular flexibility index (Phi) is 3.34. The molecule has 1 saturated heterocycles. The van der Waals surface area contributed by atoms with Crippen molar-refractivity contribution in [1.82, 2.24) is 10.2 Å². The van der Waals surface area contributed by atoms with E-state index in [1.165, 1.54) is 6.42 Å². The summed E-state index contributed by atoms with van der Waals surface area (Å²) in [5.74, 6) is 0.119. The van der Waals surface area contributed by atoms with Crippen molar-refractivity contribution in [2.24, 2.45) is 5.92 Å². The van der Waals surface area contributed by atoms with Crippen molar-refractivity contribution in [2.45, 2.75) is 76.0 Å². The summed E-state index contributed by atoms with van der Waals surface area (Å²) in [4.78, 5) is 14.3. The molecule has 2 aliphatic carbocycles. The first-order chi connectivity index (χ1) is 9.00. The van der Waals surface area contributed by atoms with E-state index < -0.39 is 11.5 Å². The van der Waals surface area contributed by atoms with E-state index in [0.29, 0.717) is 18.1 Å². The van der Waals surface area contributed by atoms with Crippen LogP contribution in [-0.2, 0) is 4.79 Å². The highest BCUT2D eigenvalue weighted by atomic mass is 16.4. The van der Waals surface area contributed by atoms with Gasteiger partial charge in [-0.2, -0.15) is 0 Å². The molecular formula is C15H26N2O2. The van der Waals surface area contributed by atoms with Gasteiger partial charge in [0.25, 0.3) is 0 Å². The zero-order valence-corrected chi connectivity index (χ0v) is 12.1. The summed E-state index contributed by atoms with van der Waals surface area (Å²) in [6.07, 6.45) is 6.17. The van der Waals surface area contributed by atoms with E-state index in [2.05, 4.69) is 24.1 Å². The van der Waals surface area contributed by atoms with Gasteiger partial charge >= 0.3 is 5.97 Å². The molecule has 0 aromatic heterocycles. The Hall–Kier alpha value is -0.610. The molecule has 0 radical (unpaired) electrons. The fourth-order valence-electron chi connectivity index (χ4n) is 4.15. The molecule has 0 bridgehead atoms. The van der Waals surface area contributed by atoms with Crippen LogP contribution in [0.15, 0.2) is 0 Å². The second-order valence-corrected chi connectivity index (χ2v) is 7.09. The number of aliphatic carboxylic acids is 1. The van der Waals surface area contributed by atoms with Gasteiger partial charge < -0.3 is 5.11 Å². The van der Waals surface area contributed by atoms with Gasteiger partial charge in [-0.15, -0.1) is 0 Å². The second kappa shape index (κ2) is 4.74. The summed E-state index contributed by atoms with van der Waals surface area (Å²) in [5, 5.41) is 13.1. The lowest BCUT2D eigenvalue weighted by Gasteiger charge is -2.31. The van der Waals surface area contributed by atoms with Crippen LogP contribution < -0.4 is 5.32 Å². The minimum absolute atomic E-state index is 0.460. The van der Waals surface area contributed by atoms with Crippen LogP contribution in [0.5, 0.6) is 0 Å². The molecule has 0 spiro atoms. The van der Waals surface area contributed by atoms with Gasteiger partial charge in [0.2, 0.25) is 0 Å². The standard InChI is InChI=1S/C15H26N2O2/c1-10-7-11(2)17(9-10)13-5-6-15(8-13,14(18)19)16-12-3-4-12/h10-13,16H,3-9H2,1-2H3,(H,18,19). The average molecular weight is 266 g/mol.